The molecule has 2 atom stereocenters. The summed E-state index contributed by atoms with van der Waals surface area (Å²) in [5.74, 6) is 1.06. The lowest BCUT2D eigenvalue weighted by molar-refractivity contribution is -0.128. The summed E-state index contributed by atoms with van der Waals surface area (Å²) in [6.07, 6.45) is 5.33. The molecule has 102 valence electrons. The molecule has 1 fully saturated rings. The van der Waals surface area contributed by atoms with Crippen molar-refractivity contribution in [2.75, 3.05) is 19.6 Å². The number of hydrogen-bond donors (Lipinski definition) is 0. The second kappa shape index (κ2) is 7.98. The van der Waals surface area contributed by atoms with Crippen molar-refractivity contribution >= 4 is 5.91 Å². The molecule has 18 heavy (non-hydrogen) atoms. The first-order valence-corrected chi connectivity index (χ1v) is 6.99. The number of carbonyl (C=O) groups is 1. The Morgan fingerprint density at radius 2 is 2.33 bits per heavy atom. The van der Waals surface area contributed by atoms with Gasteiger partial charge < -0.3 is 4.90 Å². The van der Waals surface area contributed by atoms with E-state index in [1.54, 1.807) is 0 Å². The zero-order valence-corrected chi connectivity index (χ0v) is 11.5. The fourth-order valence-corrected chi connectivity index (χ4v) is 2.53. The molecule has 1 saturated heterocycles. The second-order valence-corrected chi connectivity index (χ2v) is 5.20. The molecule has 0 spiro atoms. The molecule has 1 amide bonds. The molecule has 0 bridgehead atoms. The molecule has 0 N–H and O–H groups in total. The van der Waals surface area contributed by atoms with Gasteiger partial charge in [0, 0.05) is 31.0 Å². The lowest BCUT2D eigenvalue weighted by Crippen LogP contribution is -2.31. The van der Waals surface area contributed by atoms with Crippen LogP contribution in [0.1, 0.15) is 46.0 Å². The number of likely N-dealkylation sites (tertiary alicyclic amines) is 1. The molecule has 2 unspecified atom stereocenters. The Balaban J connectivity index is 2.41. The summed E-state index contributed by atoms with van der Waals surface area (Å²) in [5.41, 5.74) is 8.30. The largest absolute Gasteiger partial charge is 0.342 e. The topological polar surface area (TPSA) is 69.1 Å². The quantitative estimate of drug-likeness (QED) is 0.371. The number of hydrogen-bond acceptors (Lipinski definition) is 2. The highest BCUT2D eigenvalue weighted by molar-refractivity contribution is 5.78. The first-order valence-electron chi connectivity index (χ1n) is 6.99. The molecule has 0 aliphatic carbocycles. The Labute approximate surface area is 109 Å². The zero-order valence-electron chi connectivity index (χ0n) is 11.5. The Bertz CT molecular complexity index is 312. The maximum absolute atomic E-state index is 11.9. The third kappa shape index (κ3) is 4.57. The van der Waals surface area contributed by atoms with Crippen LogP contribution >= 0.6 is 0 Å². The van der Waals surface area contributed by atoms with Crippen LogP contribution in [0, 0.1) is 11.8 Å². The lowest BCUT2D eigenvalue weighted by Gasteiger charge is -2.23. The van der Waals surface area contributed by atoms with Crippen LogP contribution in [0.2, 0.25) is 0 Å². The lowest BCUT2D eigenvalue weighted by atomic mass is 9.99. The minimum atomic E-state index is 0.220. The minimum Gasteiger partial charge on any atom is -0.342 e. The third-order valence-electron chi connectivity index (χ3n) is 3.72. The van der Waals surface area contributed by atoms with E-state index >= 15 is 0 Å². The van der Waals surface area contributed by atoms with Crippen LogP contribution in [-0.4, -0.2) is 30.4 Å². The summed E-state index contributed by atoms with van der Waals surface area (Å²) in [5, 5.41) is 3.57. The number of rotatable bonds is 8. The van der Waals surface area contributed by atoms with Gasteiger partial charge in [0.1, 0.15) is 0 Å². The standard InChI is InChI=1S/C13H24N4O/c1-3-5-6-11(4-2)9-17-10-12(7-13(17)18)8-15-16-14/h11-12H,3-10H2,1-2H3. The monoisotopic (exact) mass is 252 g/mol. The SMILES string of the molecule is CCCCC(CC)CN1CC(CN=[N+]=[N-])CC1=O. The van der Waals surface area contributed by atoms with E-state index < -0.39 is 0 Å². The van der Waals surface area contributed by atoms with Crippen LogP contribution < -0.4 is 0 Å². The number of unbranched alkanes of at least 4 members (excludes halogenated alkanes) is 1. The molecule has 0 radical (unpaired) electrons. The van der Waals surface area contributed by atoms with Gasteiger partial charge in [-0.2, -0.15) is 0 Å². The van der Waals surface area contributed by atoms with Crippen LogP contribution in [0.4, 0.5) is 0 Å². The minimum absolute atomic E-state index is 0.220. The molecule has 5 nitrogen and oxygen atoms in total. The molecular formula is C13H24N4O. The van der Waals surface area contributed by atoms with Gasteiger partial charge in [0.25, 0.3) is 0 Å². The molecule has 1 aliphatic rings. The third-order valence-corrected chi connectivity index (χ3v) is 3.72. The summed E-state index contributed by atoms with van der Waals surface area (Å²) < 4.78 is 0. The van der Waals surface area contributed by atoms with Gasteiger partial charge in [-0.3, -0.25) is 4.79 Å². The highest BCUT2D eigenvalue weighted by Gasteiger charge is 2.29. The zero-order chi connectivity index (χ0) is 13.4. The average Bonchev–Trinajstić information content (AvgIpc) is 2.72. The summed E-state index contributed by atoms with van der Waals surface area (Å²) in [7, 11) is 0. The molecule has 1 aliphatic heterocycles. The van der Waals surface area contributed by atoms with Crippen molar-refractivity contribution < 1.29 is 4.79 Å². The molecular weight excluding hydrogens is 228 g/mol. The van der Waals surface area contributed by atoms with Crippen LogP contribution in [0.3, 0.4) is 0 Å². The van der Waals surface area contributed by atoms with Crippen molar-refractivity contribution in [1.29, 1.82) is 0 Å². The fourth-order valence-electron chi connectivity index (χ4n) is 2.53. The van der Waals surface area contributed by atoms with Crippen molar-refractivity contribution in [2.24, 2.45) is 17.0 Å². The number of nitrogens with zero attached hydrogens (tertiary/aromatic N) is 4. The maximum Gasteiger partial charge on any atom is 0.222 e. The molecule has 0 saturated carbocycles. The van der Waals surface area contributed by atoms with Crippen LogP contribution in [-0.2, 0) is 4.79 Å². The summed E-state index contributed by atoms with van der Waals surface area (Å²) in [6.45, 7) is 6.48. The van der Waals surface area contributed by atoms with Crippen molar-refractivity contribution in [3.8, 4) is 0 Å². The van der Waals surface area contributed by atoms with Crippen molar-refractivity contribution in [2.45, 2.75) is 46.0 Å². The van der Waals surface area contributed by atoms with Gasteiger partial charge in [-0.05, 0) is 23.8 Å². The van der Waals surface area contributed by atoms with Gasteiger partial charge in [0.2, 0.25) is 5.91 Å². The smallest absolute Gasteiger partial charge is 0.222 e. The van der Waals surface area contributed by atoms with E-state index in [-0.39, 0.29) is 11.8 Å². The predicted octanol–water partition coefficient (Wildman–Crippen LogP) is 3.36. The second-order valence-electron chi connectivity index (χ2n) is 5.20. The summed E-state index contributed by atoms with van der Waals surface area (Å²) >= 11 is 0. The number of amides is 1. The van der Waals surface area contributed by atoms with Gasteiger partial charge in [-0.15, -0.1) is 0 Å². The van der Waals surface area contributed by atoms with Gasteiger partial charge in [-0.1, -0.05) is 38.2 Å². The average molecular weight is 252 g/mol. The van der Waals surface area contributed by atoms with Crippen LogP contribution in [0.25, 0.3) is 10.4 Å². The Morgan fingerprint density at radius 1 is 1.56 bits per heavy atom. The van der Waals surface area contributed by atoms with E-state index in [0.717, 1.165) is 19.5 Å². The predicted molar refractivity (Wildman–Crippen MR) is 72.0 cm³/mol. The molecule has 1 rings (SSSR count). The normalized spacial score (nSPS) is 20.9. The van der Waals surface area contributed by atoms with Crippen molar-refractivity contribution in [3.05, 3.63) is 10.4 Å². The van der Waals surface area contributed by atoms with Crippen LogP contribution in [0.5, 0.6) is 0 Å². The van der Waals surface area contributed by atoms with E-state index in [4.69, 9.17) is 5.53 Å². The van der Waals surface area contributed by atoms with Gasteiger partial charge in [-0.25, -0.2) is 0 Å². The summed E-state index contributed by atoms with van der Waals surface area (Å²) in [4.78, 5) is 16.6. The summed E-state index contributed by atoms with van der Waals surface area (Å²) in [6, 6.07) is 0. The Kier molecular flexibility index (Phi) is 6.58. The first kappa shape index (κ1) is 14.8. The number of azide groups is 1. The van der Waals surface area contributed by atoms with Crippen molar-refractivity contribution in [1.82, 2.24) is 4.90 Å². The van der Waals surface area contributed by atoms with E-state index in [2.05, 4.69) is 23.9 Å². The van der Waals surface area contributed by atoms with E-state index in [1.807, 2.05) is 4.90 Å². The highest BCUT2D eigenvalue weighted by Crippen LogP contribution is 2.22. The molecule has 0 aromatic rings. The molecule has 5 heteroatoms. The van der Waals surface area contributed by atoms with E-state index in [9.17, 15) is 4.79 Å². The van der Waals surface area contributed by atoms with E-state index in [0.29, 0.717) is 18.9 Å². The molecule has 0 aromatic heterocycles. The van der Waals surface area contributed by atoms with E-state index in [1.165, 1.54) is 19.3 Å². The number of carbonyl (C=O) groups excluding carboxylic acids is 1. The Morgan fingerprint density at radius 3 is 2.94 bits per heavy atom. The fraction of sp³-hybridized carbons (Fsp3) is 0.923. The Hall–Kier alpha value is -1.22. The van der Waals surface area contributed by atoms with Gasteiger partial charge >= 0.3 is 0 Å². The molecule has 1 heterocycles. The van der Waals surface area contributed by atoms with Gasteiger partial charge in [0.05, 0.1) is 0 Å². The molecule has 0 aromatic carbocycles. The maximum atomic E-state index is 11.9. The highest BCUT2D eigenvalue weighted by atomic mass is 16.2. The van der Waals surface area contributed by atoms with Crippen molar-refractivity contribution in [3.63, 3.8) is 0 Å². The van der Waals surface area contributed by atoms with Gasteiger partial charge in [0.15, 0.2) is 0 Å². The first-order chi connectivity index (χ1) is 8.71. The van der Waals surface area contributed by atoms with Crippen LogP contribution in [0.15, 0.2) is 5.11 Å².